The van der Waals surface area contributed by atoms with Crippen molar-refractivity contribution in [3.05, 3.63) is 62.6 Å². The highest BCUT2D eigenvalue weighted by Gasteiger charge is 2.27. The molecular weight excluding hydrogens is 382 g/mol. The van der Waals surface area contributed by atoms with Crippen LogP contribution in [-0.4, -0.2) is 43.0 Å². The number of benzene rings is 1. The molecule has 1 aliphatic heterocycles. The third kappa shape index (κ3) is 3.81. The van der Waals surface area contributed by atoms with Crippen molar-refractivity contribution in [1.29, 1.82) is 0 Å². The van der Waals surface area contributed by atoms with Crippen molar-refractivity contribution in [3.8, 4) is 0 Å². The average Bonchev–Trinajstić information content (AvgIpc) is 3.23. The Bertz CT molecular complexity index is 1180. The molecule has 4 rings (SSSR count). The molecule has 1 aliphatic rings. The molecule has 0 radical (unpaired) electrons. The SMILES string of the molecule is Cn1c(=O)c2[nH]c(C3CCCN(C(=O)CCCc4ccccc4)C3)nc2n(C)c1=O. The number of aromatic amines is 1. The first-order chi connectivity index (χ1) is 14.5. The Hall–Kier alpha value is -3.16. The zero-order chi connectivity index (χ0) is 21.3. The topological polar surface area (TPSA) is 93.0 Å². The van der Waals surface area contributed by atoms with Gasteiger partial charge in [-0.1, -0.05) is 30.3 Å². The van der Waals surface area contributed by atoms with Gasteiger partial charge in [0.25, 0.3) is 5.56 Å². The van der Waals surface area contributed by atoms with Crippen molar-refractivity contribution in [2.45, 2.75) is 38.0 Å². The maximum atomic E-state index is 12.7. The van der Waals surface area contributed by atoms with Crippen LogP contribution < -0.4 is 11.2 Å². The molecule has 0 bridgehead atoms. The number of hydrogen-bond donors (Lipinski definition) is 1. The summed E-state index contributed by atoms with van der Waals surface area (Å²) in [5.74, 6) is 0.865. The average molecular weight is 409 g/mol. The summed E-state index contributed by atoms with van der Waals surface area (Å²) in [6, 6.07) is 10.2. The summed E-state index contributed by atoms with van der Waals surface area (Å²) in [7, 11) is 3.07. The molecule has 2 aromatic heterocycles. The molecule has 1 fully saturated rings. The monoisotopic (exact) mass is 409 g/mol. The second-order valence-corrected chi connectivity index (χ2v) is 8.04. The molecular formula is C22H27N5O3. The Morgan fingerprint density at radius 3 is 2.70 bits per heavy atom. The Balaban J connectivity index is 1.45. The van der Waals surface area contributed by atoms with E-state index in [4.69, 9.17) is 0 Å². The van der Waals surface area contributed by atoms with Gasteiger partial charge in [0, 0.05) is 39.5 Å². The highest BCUT2D eigenvalue weighted by Crippen LogP contribution is 2.26. The number of aromatic nitrogens is 4. The van der Waals surface area contributed by atoms with Gasteiger partial charge in [-0.3, -0.25) is 18.7 Å². The van der Waals surface area contributed by atoms with Gasteiger partial charge in [-0.2, -0.15) is 0 Å². The van der Waals surface area contributed by atoms with Crippen LogP contribution in [0.2, 0.25) is 0 Å². The van der Waals surface area contributed by atoms with Gasteiger partial charge in [0.2, 0.25) is 5.91 Å². The number of nitrogens with one attached hydrogen (secondary N) is 1. The van der Waals surface area contributed by atoms with Crippen LogP contribution in [-0.2, 0) is 25.3 Å². The summed E-state index contributed by atoms with van der Waals surface area (Å²) in [6.07, 6.45) is 4.03. The molecule has 30 heavy (non-hydrogen) atoms. The summed E-state index contributed by atoms with van der Waals surface area (Å²) in [4.78, 5) is 46.9. The molecule has 1 unspecified atom stereocenters. The highest BCUT2D eigenvalue weighted by atomic mass is 16.2. The molecule has 1 saturated heterocycles. The number of fused-ring (bicyclic) bond motifs is 1. The van der Waals surface area contributed by atoms with Crippen molar-refractivity contribution in [2.75, 3.05) is 13.1 Å². The smallest absolute Gasteiger partial charge is 0.332 e. The first-order valence-corrected chi connectivity index (χ1v) is 10.4. The molecule has 0 saturated carbocycles. The van der Waals surface area contributed by atoms with Crippen LogP contribution in [0.3, 0.4) is 0 Å². The number of imidazole rings is 1. The Morgan fingerprint density at radius 2 is 1.93 bits per heavy atom. The van der Waals surface area contributed by atoms with E-state index in [1.165, 1.54) is 17.2 Å². The van der Waals surface area contributed by atoms with Gasteiger partial charge in [-0.05, 0) is 31.2 Å². The Labute approximate surface area is 174 Å². The molecule has 8 heteroatoms. The first kappa shape index (κ1) is 20.1. The number of piperidine rings is 1. The van der Waals surface area contributed by atoms with Crippen LogP contribution in [0.15, 0.2) is 39.9 Å². The van der Waals surface area contributed by atoms with Crippen molar-refractivity contribution in [3.63, 3.8) is 0 Å². The van der Waals surface area contributed by atoms with E-state index in [-0.39, 0.29) is 17.4 Å². The van der Waals surface area contributed by atoms with E-state index in [0.29, 0.717) is 30.0 Å². The van der Waals surface area contributed by atoms with Gasteiger partial charge in [0.1, 0.15) is 11.3 Å². The van der Waals surface area contributed by atoms with E-state index in [0.717, 1.165) is 36.8 Å². The second kappa shape index (κ2) is 8.30. The summed E-state index contributed by atoms with van der Waals surface area (Å²) >= 11 is 0. The number of rotatable bonds is 5. The van der Waals surface area contributed by atoms with E-state index in [1.54, 1.807) is 7.05 Å². The normalized spacial score (nSPS) is 16.9. The van der Waals surface area contributed by atoms with E-state index >= 15 is 0 Å². The highest BCUT2D eigenvalue weighted by molar-refractivity contribution is 5.76. The number of amides is 1. The molecule has 0 spiro atoms. The fraction of sp³-hybridized carbons (Fsp3) is 0.455. The molecule has 0 aliphatic carbocycles. The third-order valence-corrected chi connectivity index (χ3v) is 5.97. The molecule has 1 N–H and O–H groups in total. The van der Waals surface area contributed by atoms with E-state index in [9.17, 15) is 14.4 Å². The van der Waals surface area contributed by atoms with Crippen molar-refractivity contribution < 1.29 is 4.79 Å². The van der Waals surface area contributed by atoms with Gasteiger partial charge >= 0.3 is 5.69 Å². The fourth-order valence-corrected chi connectivity index (χ4v) is 4.21. The zero-order valence-corrected chi connectivity index (χ0v) is 17.4. The molecule has 1 aromatic carbocycles. The minimum Gasteiger partial charge on any atom is -0.342 e. The predicted octanol–water partition coefficient (Wildman–Crippen LogP) is 1.69. The number of carbonyl (C=O) groups is 1. The zero-order valence-electron chi connectivity index (χ0n) is 17.4. The third-order valence-electron chi connectivity index (χ3n) is 5.97. The van der Waals surface area contributed by atoms with E-state index in [1.807, 2.05) is 23.1 Å². The number of nitrogens with zero attached hydrogens (tertiary/aromatic N) is 4. The van der Waals surface area contributed by atoms with Gasteiger partial charge in [-0.15, -0.1) is 0 Å². The molecule has 1 amide bonds. The van der Waals surface area contributed by atoms with Crippen molar-refractivity contribution in [1.82, 2.24) is 24.0 Å². The first-order valence-electron chi connectivity index (χ1n) is 10.4. The van der Waals surface area contributed by atoms with Crippen LogP contribution in [0.4, 0.5) is 0 Å². The number of hydrogen-bond acceptors (Lipinski definition) is 4. The van der Waals surface area contributed by atoms with Crippen molar-refractivity contribution in [2.24, 2.45) is 14.1 Å². The van der Waals surface area contributed by atoms with Gasteiger partial charge in [0.15, 0.2) is 5.65 Å². The van der Waals surface area contributed by atoms with Crippen LogP contribution in [0.5, 0.6) is 0 Å². The lowest BCUT2D eigenvalue weighted by atomic mass is 9.97. The standard InChI is InChI=1S/C22H27N5O3/c1-25-20-18(21(29)26(2)22(25)30)23-19(24-20)16-11-7-13-27(14-16)17(28)12-6-10-15-8-4-3-5-9-15/h3-5,8-9,16H,6-7,10-14H2,1-2H3,(H,23,24). The molecule has 1 atom stereocenters. The minimum absolute atomic E-state index is 0.0315. The van der Waals surface area contributed by atoms with Crippen LogP contribution in [0, 0.1) is 0 Å². The van der Waals surface area contributed by atoms with Gasteiger partial charge < -0.3 is 9.88 Å². The predicted molar refractivity (Wildman–Crippen MR) is 115 cm³/mol. The summed E-state index contributed by atoms with van der Waals surface area (Å²) < 4.78 is 2.46. The van der Waals surface area contributed by atoms with E-state index < -0.39 is 5.69 Å². The second-order valence-electron chi connectivity index (χ2n) is 8.04. The lowest BCUT2D eigenvalue weighted by Crippen LogP contribution is -2.39. The van der Waals surface area contributed by atoms with Crippen LogP contribution in [0.1, 0.15) is 43.0 Å². The largest absolute Gasteiger partial charge is 0.342 e. The molecule has 8 nitrogen and oxygen atoms in total. The lowest BCUT2D eigenvalue weighted by molar-refractivity contribution is -0.132. The van der Waals surface area contributed by atoms with E-state index in [2.05, 4.69) is 22.1 Å². The summed E-state index contributed by atoms with van der Waals surface area (Å²) in [5, 5.41) is 0. The quantitative estimate of drug-likeness (QED) is 0.694. The van der Waals surface area contributed by atoms with Crippen LogP contribution >= 0.6 is 0 Å². The van der Waals surface area contributed by atoms with Crippen LogP contribution in [0.25, 0.3) is 11.2 Å². The van der Waals surface area contributed by atoms with Gasteiger partial charge in [-0.25, -0.2) is 9.78 Å². The summed E-state index contributed by atoms with van der Waals surface area (Å²) in [6.45, 7) is 1.33. The number of aryl methyl sites for hydroxylation is 2. The maximum absolute atomic E-state index is 12.7. The maximum Gasteiger partial charge on any atom is 0.332 e. The minimum atomic E-state index is -0.399. The fourth-order valence-electron chi connectivity index (χ4n) is 4.21. The Morgan fingerprint density at radius 1 is 1.17 bits per heavy atom. The van der Waals surface area contributed by atoms with Gasteiger partial charge in [0.05, 0.1) is 0 Å². The molecule has 3 heterocycles. The summed E-state index contributed by atoms with van der Waals surface area (Å²) in [5.41, 5.74) is 1.17. The number of H-pyrrole nitrogens is 1. The molecule has 3 aromatic rings. The number of likely N-dealkylation sites (tertiary alicyclic amines) is 1. The molecule has 158 valence electrons. The van der Waals surface area contributed by atoms with Crippen molar-refractivity contribution >= 4 is 17.1 Å². The lowest BCUT2D eigenvalue weighted by Gasteiger charge is -2.32. The number of carbonyl (C=O) groups excluding carboxylic acids is 1. The Kier molecular flexibility index (Phi) is 5.57.